The molecule has 2 aliphatic heterocycles. The molecule has 66 valence electrons. The van der Waals surface area contributed by atoms with Crippen molar-refractivity contribution in [2.24, 2.45) is 17.8 Å². The molecule has 1 aliphatic carbocycles. The first-order valence-electron chi connectivity index (χ1n) is 4.58. The molecule has 3 rings (SSSR count). The maximum atomic E-state index is 11.0. The molecule has 0 radical (unpaired) electrons. The molecule has 0 spiro atoms. The quantitative estimate of drug-likeness (QED) is 0.392. The van der Waals surface area contributed by atoms with Crippen LogP contribution in [0.1, 0.15) is 13.3 Å². The van der Waals surface area contributed by atoms with E-state index < -0.39 is 0 Å². The molecule has 0 aromatic rings. The molecule has 5 atom stereocenters. The number of hydrogen-bond acceptors (Lipinski definition) is 3. The van der Waals surface area contributed by atoms with Crippen molar-refractivity contribution in [3.8, 4) is 0 Å². The van der Waals surface area contributed by atoms with Crippen molar-refractivity contribution in [2.75, 3.05) is 6.61 Å². The molecule has 2 saturated heterocycles. The van der Waals surface area contributed by atoms with Gasteiger partial charge in [-0.05, 0) is 5.92 Å². The molecule has 3 aliphatic rings. The van der Waals surface area contributed by atoms with Crippen LogP contribution < -0.4 is 0 Å². The Balaban J connectivity index is 1.84. The molecule has 0 bridgehead atoms. The van der Waals surface area contributed by atoms with E-state index >= 15 is 0 Å². The molecular weight excluding hydrogens is 156 g/mol. The standard InChI is InChI=1S/C9H12O3/c1-4-6-3-11-7(10)2-5(6)9-8(4)12-9/h4-6,8-9H,2-3H2,1H3/t4-,5-,6-,8+,9-/m1/s1. The van der Waals surface area contributed by atoms with Crippen molar-refractivity contribution in [3.05, 3.63) is 0 Å². The molecule has 0 aromatic heterocycles. The van der Waals surface area contributed by atoms with Crippen LogP contribution in [0, 0.1) is 17.8 Å². The number of esters is 1. The highest BCUT2D eigenvalue weighted by molar-refractivity contribution is 5.70. The van der Waals surface area contributed by atoms with E-state index in [2.05, 4.69) is 6.92 Å². The number of cyclic esters (lactones) is 1. The molecule has 12 heavy (non-hydrogen) atoms. The first-order valence-corrected chi connectivity index (χ1v) is 4.58. The number of rotatable bonds is 0. The van der Waals surface area contributed by atoms with Crippen molar-refractivity contribution >= 4 is 5.97 Å². The first-order chi connectivity index (χ1) is 5.77. The minimum atomic E-state index is -0.0420. The second-order valence-corrected chi connectivity index (χ2v) is 4.14. The van der Waals surface area contributed by atoms with Crippen molar-refractivity contribution in [3.63, 3.8) is 0 Å². The second-order valence-electron chi connectivity index (χ2n) is 4.14. The predicted octanol–water partition coefficient (Wildman–Crippen LogP) is 0.583. The van der Waals surface area contributed by atoms with E-state index in [-0.39, 0.29) is 5.97 Å². The number of carbonyl (C=O) groups excluding carboxylic acids is 1. The summed E-state index contributed by atoms with van der Waals surface area (Å²) in [6.45, 7) is 2.83. The van der Waals surface area contributed by atoms with Crippen LogP contribution in [0.3, 0.4) is 0 Å². The highest BCUT2D eigenvalue weighted by atomic mass is 16.6. The fraction of sp³-hybridized carbons (Fsp3) is 0.889. The number of hydrogen-bond donors (Lipinski definition) is 0. The van der Waals surface area contributed by atoms with Crippen LogP contribution in [-0.4, -0.2) is 24.8 Å². The second kappa shape index (κ2) is 2.02. The monoisotopic (exact) mass is 168 g/mol. The Morgan fingerprint density at radius 1 is 1.33 bits per heavy atom. The Kier molecular flexibility index (Phi) is 1.16. The topological polar surface area (TPSA) is 38.8 Å². The molecule has 3 nitrogen and oxygen atoms in total. The van der Waals surface area contributed by atoms with Gasteiger partial charge in [0.25, 0.3) is 0 Å². The summed E-state index contributed by atoms with van der Waals surface area (Å²) in [7, 11) is 0. The molecule has 0 unspecified atom stereocenters. The van der Waals surface area contributed by atoms with E-state index in [1.54, 1.807) is 0 Å². The molecular formula is C9H12O3. The van der Waals surface area contributed by atoms with Crippen molar-refractivity contribution in [2.45, 2.75) is 25.6 Å². The fourth-order valence-corrected chi connectivity index (χ4v) is 2.76. The van der Waals surface area contributed by atoms with E-state index in [1.165, 1.54) is 0 Å². The Bertz CT molecular complexity index is 238. The first kappa shape index (κ1) is 6.89. The van der Waals surface area contributed by atoms with Gasteiger partial charge < -0.3 is 9.47 Å². The average molecular weight is 168 g/mol. The summed E-state index contributed by atoms with van der Waals surface area (Å²) >= 11 is 0. The van der Waals surface area contributed by atoms with E-state index in [0.717, 1.165) is 0 Å². The minimum absolute atomic E-state index is 0.0420. The lowest BCUT2D eigenvalue weighted by Gasteiger charge is -2.29. The van der Waals surface area contributed by atoms with Gasteiger partial charge in [0.1, 0.15) is 0 Å². The van der Waals surface area contributed by atoms with Crippen LogP contribution in [-0.2, 0) is 14.3 Å². The SMILES string of the molecule is C[C@@H]1[C@H]2COC(=O)C[C@H]2[C@H]2O[C@@H]12. The number of fused-ring (bicyclic) bond motifs is 3. The summed E-state index contributed by atoms with van der Waals surface area (Å²) in [6, 6.07) is 0. The average Bonchev–Trinajstić information content (AvgIpc) is 2.77. The number of ether oxygens (including phenoxy) is 2. The zero-order valence-electron chi connectivity index (χ0n) is 7.03. The summed E-state index contributed by atoms with van der Waals surface area (Å²) in [5.74, 6) is 1.59. The highest BCUT2D eigenvalue weighted by Gasteiger charge is 2.61. The van der Waals surface area contributed by atoms with E-state index in [0.29, 0.717) is 43.0 Å². The highest BCUT2D eigenvalue weighted by Crippen LogP contribution is 2.53. The Morgan fingerprint density at radius 2 is 2.17 bits per heavy atom. The van der Waals surface area contributed by atoms with Crippen LogP contribution in [0.5, 0.6) is 0 Å². The van der Waals surface area contributed by atoms with Gasteiger partial charge in [0.15, 0.2) is 0 Å². The Morgan fingerprint density at radius 3 is 3.00 bits per heavy atom. The van der Waals surface area contributed by atoms with Crippen molar-refractivity contribution in [1.82, 2.24) is 0 Å². The van der Waals surface area contributed by atoms with Crippen LogP contribution in [0.15, 0.2) is 0 Å². The van der Waals surface area contributed by atoms with Gasteiger partial charge in [-0.15, -0.1) is 0 Å². The summed E-state index contributed by atoms with van der Waals surface area (Å²) in [5, 5.41) is 0. The third kappa shape index (κ3) is 0.724. The minimum Gasteiger partial charge on any atom is -0.465 e. The van der Waals surface area contributed by atoms with E-state index in [9.17, 15) is 4.79 Å². The normalized spacial score (nSPS) is 55.8. The van der Waals surface area contributed by atoms with Gasteiger partial charge in [0.2, 0.25) is 0 Å². The third-order valence-electron chi connectivity index (χ3n) is 3.57. The lowest BCUT2D eigenvalue weighted by molar-refractivity contribution is -0.154. The molecule has 2 heterocycles. The van der Waals surface area contributed by atoms with Gasteiger partial charge in [0.05, 0.1) is 25.2 Å². The fourth-order valence-electron chi connectivity index (χ4n) is 2.76. The van der Waals surface area contributed by atoms with Crippen molar-refractivity contribution < 1.29 is 14.3 Å². The molecule has 0 N–H and O–H groups in total. The zero-order chi connectivity index (χ0) is 8.29. The van der Waals surface area contributed by atoms with Gasteiger partial charge in [0, 0.05) is 11.8 Å². The van der Waals surface area contributed by atoms with E-state index in [1.807, 2.05) is 0 Å². The van der Waals surface area contributed by atoms with Crippen LogP contribution in [0.2, 0.25) is 0 Å². The van der Waals surface area contributed by atoms with Gasteiger partial charge in [-0.3, -0.25) is 4.79 Å². The number of epoxide rings is 1. The maximum absolute atomic E-state index is 11.0. The van der Waals surface area contributed by atoms with Gasteiger partial charge >= 0.3 is 5.97 Å². The Labute approximate surface area is 71.0 Å². The lowest BCUT2D eigenvalue weighted by Crippen LogP contribution is -2.33. The molecule has 3 fully saturated rings. The van der Waals surface area contributed by atoms with Gasteiger partial charge in [-0.2, -0.15) is 0 Å². The summed E-state index contributed by atoms with van der Waals surface area (Å²) in [5.41, 5.74) is 0. The summed E-state index contributed by atoms with van der Waals surface area (Å²) < 4.78 is 10.5. The van der Waals surface area contributed by atoms with Crippen molar-refractivity contribution in [1.29, 1.82) is 0 Å². The molecule has 0 amide bonds. The predicted molar refractivity (Wildman–Crippen MR) is 40.4 cm³/mol. The van der Waals surface area contributed by atoms with Gasteiger partial charge in [-0.25, -0.2) is 0 Å². The largest absolute Gasteiger partial charge is 0.465 e. The summed E-state index contributed by atoms with van der Waals surface area (Å²) in [6.07, 6.45) is 1.41. The maximum Gasteiger partial charge on any atom is 0.306 e. The van der Waals surface area contributed by atoms with Crippen LogP contribution in [0.25, 0.3) is 0 Å². The summed E-state index contributed by atoms with van der Waals surface area (Å²) in [4.78, 5) is 11.0. The lowest BCUT2D eigenvalue weighted by atomic mass is 9.86. The van der Waals surface area contributed by atoms with Crippen LogP contribution in [0.4, 0.5) is 0 Å². The van der Waals surface area contributed by atoms with Gasteiger partial charge in [-0.1, -0.05) is 6.92 Å². The molecule has 3 heteroatoms. The van der Waals surface area contributed by atoms with Crippen LogP contribution >= 0.6 is 0 Å². The molecule has 1 saturated carbocycles. The molecule has 0 aromatic carbocycles. The third-order valence-corrected chi connectivity index (χ3v) is 3.57. The van der Waals surface area contributed by atoms with E-state index in [4.69, 9.17) is 9.47 Å². The zero-order valence-corrected chi connectivity index (χ0v) is 7.03. The Hall–Kier alpha value is -0.570. The number of carbonyl (C=O) groups is 1. The smallest absolute Gasteiger partial charge is 0.306 e.